The summed E-state index contributed by atoms with van der Waals surface area (Å²) in [7, 11) is 0. The van der Waals surface area contributed by atoms with Crippen molar-refractivity contribution in [3.8, 4) is 0 Å². The number of carbonyl (C=O) groups is 1. The summed E-state index contributed by atoms with van der Waals surface area (Å²) in [6.07, 6.45) is 1.93. The smallest absolute Gasteiger partial charge is 0.315 e. The summed E-state index contributed by atoms with van der Waals surface area (Å²) < 4.78 is 0. The van der Waals surface area contributed by atoms with Crippen molar-refractivity contribution in [1.29, 1.82) is 0 Å². The van der Waals surface area contributed by atoms with Gasteiger partial charge in [0.2, 0.25) is 0 Å². The molecule has 3 rings (SSSR count). The molecule has 1 aliphatic heterocycles. The first-order valence-corrected chi connectivity index (χ1v) is 11.0. The Balaban J connectivity index is 1.37. The lowest BCUT2D eigenvalue weighted by Crippen LogP contribution is -2.47. The van der Waals surface area contributed by atoms with Crippen molar-refractivity contribution in [2.75, 3.05) is 13.1 Å². The molecule has 28 heavy (non-hydrogen) atoms. The molecule has 0 radical (unpaired) electrons. The highest BCUT2D eigenvalue weighted by Gasteiger charge is 2.21. The second-order valence-electron chi connectivity index (χ2n) is 8.40. The molecule has 0 unspecified atom stereocenters. The Labute approximate surface area is 176 Å². The van der Waals surface area contributed by atoms with Crippen molar-refractivity contribution in [3.05, 3.63) is 50.9 Å². The van der Waals surface area contributed by atoms with Crippen molar-refractivity contribution in [1.82, 2.24) is 20.5 Å². The average molecular weight is 421 g/mol. The van der Waals surface area contributed by atoms with Crippen molar-refractivity contribution >= 4 is 29.0 Å². The number of rotatable bonds is 5. The van der Waals surface area contributed by atoms with Crippen LogP contribution in [0.25, 0.3) is 0 Å². The maximum Gasteiger partial charge on any atom is 0.315 e. The third-order valence-electron chi connectivity index (χ3n) is 4.87. The molecule has 2 amide bonds. The van der Waals surface area contributed by atoms with E-state index in [2.05, 4.69) is 53.4 Å². The minimum absolute atomic E-state index is 0.0468. The van der Waals surface area contributed by atoms with Crippen LogP contribution in [0, 0.1) is 0 Å². The van der Waals surface area contributed by atoms with E-state index in [0.29, 0.717) is 6.54 Å². The largest absolute Gasteiger partial charge is 0.335 e. The summed E-state index contributed by atoms with van der Waals surface area (Å²) in [5.74, 6) is 0. The lowest BCUT2D eigenvalue weighted by molar-refractivity contribution is 0.186. The standard InChI is InChI=1S/C21H29ClN4OS/c1-21(2,3)19-24-18(14-28-19)12-23-20(27)25-17-8-10-26(11-9-17)13-15-4-6-16(22)7-5-15/h4-7,14,17H,8-13H2,1-3H3,(H2,23,25,27). The molecule has 0 spiro atoms. The van der Waals surface area contributed by atoms with E-state index in [1.54, 1.807) is 11.3 Å². The number of carbonyl (C=O) groups excluding carboxylic acids is 1. The van der Waals surface area contributed by atoms with Crippen LogP contribution in [0.5, 0.6) is 0 Å². The Morgan fingerprint density at radius 1 is 1.25 bits per heavy atom. The molecule has 1 aliphatic rings. The second kappa shape index (κ2) is 9.25. The summed E-state index contributed by atoms with van der Waals surface area (Å²) in [6.45, 7) is 9.80. The zero-order chi connectivity index (χ0) is 20.1. The van der Waals surface area contributed by atoms with Gasteiger partial charge in [-0.15, -0.1) is 11.3 Å². The molecular weight excluding hydrogens is 392 g/mol. The Hall–Kier alpha value is -1.63. The summed E-state index contributed by atoms with van der Waals surface area (Å²) in [4.78, 5) is 19.3. The van der Waals surface area contributed by atoms with Crippen LogP contribution < -0.4 is 10.6 Å². The summed E-state index contributed by atoms with van der Waals surface area (Å²) >= 11 is 7.59. The van der Waals surface area contributed by atoms with Gasteiger partial charge in [0, 0.05) is 41.5 Å². The molecule has 1 fully saturated rings. The minimum Gasteiger partial charge on any atom is -0.335 e. The van der Waals surface area contributed by atoms with Crippen LogP contribution in [0.1, 0.15) is 49.9 Å². The predicted molar refractivity (Wildman–Crippen MR) is 116 cm³/mol. The summed E-state index contributed by atoms with van der Waals surface area (Å²) in [5.41, 5.74) is 2.24. The van der Waals surface area contributed by atoms with E-state index in [4.69, 9.17) is 11.6 Å². The molecular formula is C21H29ClN4OS. The van der Waals surface area contributed by atoms with E-state index < -0.39 is 0 Å². The van der Waals surface area contributed by atoms with E-state index >= 15 is 0 Å². The van der Waals surface area contributed by atoms with Crippen LogP contribution in [-0.2, 0) is 18.5 Å². The number of amides is 2. The molecule has 152 valence electrons. The Kier molecular flexibility index (Phi) is 6.96. The Morgan fingerprint density at radius 2 is 1.93 bits per heavy atom. The highest BCUT2D eigenvalue weighted by molar-refractivity contribution is 7.09. The molecule has 1 saturated heterocycles. The van der Waals surface area contributed by atoms with Crippen LogP contribution in [0.4, 0.5) is 4.79 Å². The normalized spacial score (nSPS) is 16.1. The van der Waals surface area contributed by atoms with Gasteiger partial charge in [-0.2, -0.15) is 0 Å². The van der Waals surface area contributed by atoms with Gasteiger partial charge in [0.05, 0.1) is 17.2 Å². The SMILES string of the molecule is CC(C)(C)c1nc(CNC(=O)NC2CCN(Cc3ccc(Cl)cc3)CC2)cs1. The maximum atomic E-state index is 12.2. The number of hydrogen-bond donors (Lipinski definition) is 2. The van der Waals surface area contributed by atoms with Gasteiger partial charge >= 0.3 is 6.03 Å². The van der Waals surface area contributed by atoms with Gasteiger partial charge in [0.1, 0.15) is 0 Å². The molecule has 2 aromatic rings. The first kappa shape index (κ1) is 21.1. The molecule has 0 aliphatic carbocycles. The number of nitrogens with one attached hydrogen (secondary N) is 2. The van der Waals surface area contributed by atoms with Crippen LogP contribution in [-0.4, -0.2) is 35.0 Å². The van der Waals surface area contributed by atoms with Gasteiger partial charge in [-0.25, -0.2) is 9.78 Å². The number of benzene rings is 1. The van der Waals surface area contributed by atoms with E-state index in [1.807, 2.05) is 17.5 Å². The fourth-order valence-electron chi connectivity index (χ4n) is 3.22. The molecule has 5 nitrogen and oxygen atoms in total. The molecule has 0 bridgehead atoms. The van der Waals surface area contributed by atoms with E-state index in [-0.39, 0.29) is 17.5 Å². The van der Waals surface area contributed by atoms with Crippen molar-refractivity contribution in [2.45, 2.75) is 58.2 Å². The lowest BCUT2D eigenvalue weighted by Gasteiger charge is -2.32. The van der Waals surface area contributed by atoms with Crippen LogP contribution in [0.3, 0.4) is 0 Å². The third-order valence-corrected chi connectivity index (χ3v) is 6.43. The van der Waals surface area contributed by atoms with E-state index in [1.165, 1.54) is 5.56 Å². The van der Waals surface area contributed by atoms with Crippen LogP contribution >= 0.6 is 22.9 Å². The highest BCUT2D eigenvalue weighted by atomic mass is 35.5. The number of aromatic nitrogens is 1. The molecule has 2 N–H and O–H groups in total. The van der Waals surface area contributed by atoms with Gasteiger partial charge in [-0.1, -0.05) is 44.5 Å². The molecule has 2 heterocycles. The number of halogens is 1. The number of piperidine rings is 1. The van der Waals surface area contributed by atoms with Crippen molar-refractivity contribution in [3.63, 3.8) is 0 Å². The number of hydrogen-bond acceptors (Lipinski definition) is 4. The summed E-state index contributed by atoms with van der Waals surface area (Å²) in [6, 6.07) is 8.13. The number of likely N-dealkylation sites (tertiary alicyclic amines) is 1. The number of thiazole rings is 1. The second-order valence-corrected chi connectivity index (χ2v) is 9.69. The predicted octanol–water partition coefficient (Wildman–Crippen LogP) is 4.56. The first-order valence-electron chi connectivity index (χ1n) is 9.75. The topological polar surface area (TPSA) is 57.3 Å². The van der Waals surface area contributed by atoms with Crippen LogP contribution in [0.15, 0.2) is 29.6 Å². The molecule has 0 saturated carbocycles. The van der Waals surface area contributed by atoms with Gasteiger partial charge < -0.3 is 10.6 Å². The highest BCUT2D eigenvalue weighted by Crippen LogP contribution is 2.25. The van der Waals surface area contributed by atoms with Gasteiger partial charge in [-0.3, -0.25) is 4.90 Å². The fourth-order valence-corrected chi connectivity index (χ4v) is 4.26. The first-order chi connectivity index (χ1) is 13.3. The lowest BCUT2D eigenvalue weighted by atomic mass is 9.98. The maximum absolute atomic E-state index is 12.2. The molecule has 7 heteroatoms. The molecule has 1 aromatic carbocycles. The van der Waals surface area contributed by atoms with Gasteiger partial charge in [0.15, 0.2) is 0 Å². The zero-order valence-corrected chi connectivity index (χ0v) is 18.4. The average Bonchev–Trinajstić information content (AvgIpc) is 3.13. The summed E-state index contributed by atoms with van der Waals surface area (Å²) in [5, 5.41) is 9.92. The Morgan fingerprint density at radius 3 is 2.54 bits per heavy atom. The van der Waals surface area contributed by atoms with E-state index in [9.17, 15) is 4.79 Å². The zero-order valence-electron chi connectivity index (χ0n) is 16.8. The quantitative estimate of drug-likeness (QED) is 0.745. The van der Waals surface area contributed by atoms with E-state index in [0.717, 1.165) is 48.2 Å². The molecule has 0 atom stereocenters. The monoisotopic (exact) mass is 420 g/mol. The van der Waals surface area contributed by atoms with Gasteiger partial charge in [0.25, 0.3) is 0 Å². The fraction of sp³-hybridized carbons (Fsp3) is 0.524. The van der Waals surface area contributed by atoms with Crippen LogP contribution in [0.2, 0.25) is 5.02 Å². The number of nitrogens with zero attached hydrogens (tertiary/aromatic N) is 2. The Bertz CT molecular complexity index is 776. The molecule has 1 aromatic heterocycles. The third kappa shape index (κ3) is 6.19. The van der Waals surface area contributed by atoms with Crippen molar-refractivity contribution < 1.29 is 4.79 Å². The number of urea groups is 1. The van der Waals surface area contributed by atoms with Crippen molar-refractivity contribution in [2.24, 2.45) is 0 Å². The van der Waals surface area contributed by atoms with Gasteiger partial charge in [-0.05, 0) is 30.5 Å². The minimum atomic E-state index is -0.110.